The van der Waals surface area contributed by atoms with Gasteiger partial charge in [-0.25, -0.2) is 0 Å². The maximum Gasteiger partial charge on any atom is 0.0644 e. The second-order valence-electron chi connectivity index (χ2n) is 6.15. The monoisotopic (exact) mass is 244 g/mol. The molecule has 0 saturated carbocycles. The van der Waals surface area contributed by atoms with Crippen LogP contribution in [0.2, 0.25) is 0 Å². The topological polar surface area (TPSA) is 67.5 Å². The van der Waals surface area contributed by atoms with Crippen molar-refractivity contribution in [3.63, 3.8) is 0 Å². The van der Waals surface area contributed by atoms with Crippen molar-refractivity contribution in [2.75, 3.05) is 13.2 Å². The molecule has 4 heteroatoms. The highest BCUT2D eigenvalue weighted by atomic mass is 16.5. The van der Waals surface area contributed by atoms with Crippen LogP contribution in [0.4, 0.5) is 0 Å². The van der Waals surface area contributed by atoms with Gasteiger partial charge in [-0.2, -0.15) is 0 Å². The van der Waals surface area contributed by atoms with Crippen LogP contribution in [0.1, 0.15) is 47.0 Å². The van der Waals surface area contributed by atoms with E-state index in [2.05, 4.69) is 26.1 Å². The van der Waals surface area contributed by atoms with Gasteiger partial charge in [0.05, 0.1) is 11.7 Å². The number of nitrogens with two attached hydrogens (primary N) is 1. The van der Waals surface area contributed by atoms with Gasteiger partial charge < -0.3 is 20.9 Å². The Hall–Kier alpha value is -0.160. The predicted molar refractivity (Wildman–Crippen MR) is 69.9 cm³/mol. The van der Waals surface area contributed by atoms with Gasteiger partial charge in [0.1, 0.15) is 0 Å². The third-order valence-corrected chi connectivity index (χ3v) is 3.48. The quantitative estimate of drug-likeness (QED) is 0.675. The smallest absolute Gasteiger partial charge is 0.0644 e. The Morgan fingerprint density at radius 1 is 1.41 bits per heavy atom. The number of hydrogen-bond acceptors (Lipinski definition) is 4. The van der Waals surface area contributed by atoms with Crippen molar-refractivity contribution in [3.05, 3.63) is 0 Å². The van der Waals surface area contributed by atoms with Gasteiger partial charge in [0.25, 0.3) is 0 Å². The zero-order valence-corrected chi connectivity index (χ0v) is 11.6. The normalized spacial score (nSPS) is 32.1. The van der Waals surface area contributed by atoms with Gasteiger partial charge in [0.15, 0.2) is 0 Å². The van der Waals surface area contributed by atoms with Crippen molar-refractivity contribution in [3.8, 4) is 0 Å². The Balaban J connectivity index is 2.62. The molecule has 3 unspecified atom stereocenters. The van der Waals surface area contributed by atoms with E-state index in [1.807, 2.05) is 6.92 Å². The first-order valence-corrected chi connectivity index (χ1v) is 6.58. The van der Waals surface area contributed by atoms with Crippen LogP contribution in [-0.2, 0) is 4.74 Å². The van der Waals surface area contributed by atoms with Crippen LogP contribution < -0.4 is 11.1 Å². The van der Waals surface area contributed by atoms with Crippen molar-refractivity contribution in [2.24, 2.45) is 5.73 Å². The van der Waals surface area contributed by atoms with E-state index in [0.29, 0.717) is 6.54 Å². The molecule has 17 heavy (non-hydrogen) atoms. The van der Waals surface area contributed by atoms with Crippen LogP contribution in [0.25, 0.3) is 0 Å². The standard InChI is InChI=1S/C13H28N2O2/c1-10(7-11(2)16)15-13(9-14)5-6-17-12(3,4)8-13/h10-11,15-16H,5-9,14H2,1-4H3. The minimum absolute atomic E-state index is 0.0456. The fraction of sp³-hybridized carbons (Fsp3) is 1.00. The first kappa shape index (κ1) is 14.9. The minimum atomic E-state index is -0.278. The first-order valence-electron chi connectivity index (χ1n) is 6.58. The molecule has 0 bridgehead atoms. The number of nitrogens with one attached hydrogen (secondary N) is 1. The second kappa shape index (κ2) is 5.65. The molecule has 0 amide bonds. The average Bonchev–Trinajstić information content (AvgIpc) is 2.14. The van der Waals surface area contributed by atoms with Gasteiger partial charge in [-0.3, -0.25) is 0 Å². The molecule has 1 heterocycles. The van der Waals surface area contributed by atoms with E-state index in [4.69, 9.17) is 10.5 Å². The number of rotatable bonds is 5. The van der Waals surface area contributed by atoms with Gasteiger partial charge in [-0.15, -0.1) is 0 Å². The van der Waals surface area contributed by atoms with Crippen molar-refractivity contribution in [2.45, 2.75) is 70.2 Å². The Morgan fingerprint density at radius 3 is 2.53 bits per heavy atom. The van der Waals surface area contributed by atoms with Crippen molar-refractivity contribution in [1.82, 2.24) is 5.32 Å². The molecule has 0 aliphatic carbocycles. The van der Waals surface area contributed by atoms with Crippen molar-refractivity contribution in [1.29, 1.82) is 0 Å². The molecule has 1 aliphatic rings. The molecule has 0 aromatic heterocycles. The van der Waals surface area contributed by atoms with Crippen LogP contribution in [0, 0.1) is 0 Å². The molecule has 3 atom stereocenters. The zero-order chi connectivity index (χ0) is 13.1. The summed E-state index contributed by atoms with van der Waals surface area (Å²) in [5.74, 6) is 0. The van der Waals surface area contributed by atoms with E-state index in [1.165, 1.54) is 0 Å². The van der Waals surface area contributed by atoms with Crippen LogP contribution >= 0.6 is 0 Å². The lowest BCUT2D eigenvalue weighted by Gasteiger charge is -2.46. The molecule has 0 aromatic carbocycles. The van der Waals surface area contributed by atoms with Crippen molar-refractivity contribution >= 4 is 0 Å². The first-order chi connectivity index (χ1) is 7.79. The number of aliphatic hydroxyl groups excluding tert-OH is 1. The molecule has 4 N–H and O–H groups in total. The summed E-state index contributed by atoms with van der Waals surface area (Å²) in [6, 6.07) is 0.271. The van der Waals surface area contributed by atoms with Gasteiger partial charge in [0.2, 0.25) is 0 Å². The molecule has 1 aliphatic heterocycles. The molecule has 1 rings (SSSR count). The van der Waals surface area contributed by atoms with E-state index in [9.17, 15) is 5.11 Å². The molecule has 0 aromatic rings. The minimum Gasteiger partial charge on any atom is -0.393 e. The summed E-state index contributed by atoms with van der Waals surface area (Å²) in [5.41, 5.74) is 5.80. The number of hydrogen-bond donors (Lipinski definition) is 3. The lowest BCUT2D eigenvalue weighted by Crippen LogP contribution is -2.61. The van der Waals surface area contributed by atoms with E-state index in [1.54, 1.807) is 0 Å². The third kappa shape index (κ3) is 4.54. The third-order valence-electron chi connectivity index (χ3n) is 3.48. The Morgan fingerprint density at radius 2 is 2.06 bits per heavy atom. The van der Waals surface area contributed by atoms with Gasteiger partial charge in [-0.05, 0) is 47.0 Å². The van der Waals surface area contributed by atoms with Crippen LogP contribution in [-0.4, -0.2) is 41.5 Å². The van der Waals surface area contributed by atoms with Crippen molar-refractivity contribution < 1.29 is 9.84 Å². The van der Waals surface area contributed by atoms with Crippen LogP contribution in [0.15, 0.2) is 0 Å². The molecule has 1 fully saturated rings. The molecule has 0 spiro atoms. The van der Waals surface area contributed by atoms with E-state index < -0.39 is 0 Å². The highest BCUT2D eigenvalue weighted by molar-refractivity contribution is 4.98. The Kier molecular flexibility index (Phi) is 4.95. The summed E-state index contributed by atoms with van der Waals surface area (Å²) < 4.78 is 5.74. The average molecular weight is 244 g/mol. The molecule has 0 radical (unpaired) electrons. The number of ether oxygens (including phenoxy) is 1. The summed E-state index contributed by atoms with van der Waals surface area (Å²) in [6.45, 7) is 9.51. The molecular weight excluding hydrogens is 216 g/mol. The predicted octanol–water partition coefficient (Wildman–Crippen LogP) is 1.02. The Labute approximate surface area is 105 Å². The van der Waals surface area contributed by atoms with Gasteiger partial charge in [-0.1, -0.05) is 0 Å². The summed E-state index contributed by atoms with van der Waals surface area (Å²) in [4.78, 5) is 0. The molecule has 1 saturated heterocycles. The maximum absolute atomic E-state index is 9.42. The fourth-order valence-corrected chi connectivity index (χ4v) is 2.93. The summed E-state index contributed by atoms with van der Waals surface area (Å²) >= 11 is 0. The molecular formula is C13H28N2O2. The fourth-order valence-electron chi connectivity index (χ4n) is 2.93. The van der Waals surface area contributed by atoms with Crippen LogP contribution in [0.5, 0.6) is 0 Å². The summed E-state index contributed by atoms with van der Waals surface area (Å²) in [5, 5.41) is 13.0. The summed E-state index contributed by atoms with van der Waals surface area (Å²) in [7, 11) is 0. The highest BCUT2D eigenvalue weighted by Crippen LogP contribution is 2.31. The SMILES string of the molecule is CC(O)CC(C)NC1(CN)CCOC(C)(C)C1. The summed E-state index contributed by atoms with van der Waals surface area (Å²) in [6.07, 6.45) is 2.33. The molecule has 4 nitrogen and oxygen atoms in total. The van der Waals surface area contributed by atoms with Gasteiger partial charge in [0, 0.05) is 24.7 Å². The van der Waals surface area contributed by atoms with E-state index in [-0.39, 0.29) is 23.3 Å². The zero-order valence-electron chi connectivity index (χ0n) is 11.6. The van der Waals surface area contributed by atoms with E-state index >= 15 is 0 Å². The van der Waals surface area contributed by atoms with Gasteiger partial charge >= 0.3 is 0 Å². The lowest BCUT2D eigenvalue weighted by atomic mass is 9.80. The largest absolute Gasteiger partial charge is 0.393 e. The Bertz CT molecular complexity index is 244. The highest BCUT2D eigenvalue weighted by Gasteiger charge is 2.40. The lowest BCUT2D eigenvalue weighted by molar-refractivity contribution is -0.0880. The molecule has 102 valence electrons. The number of aliphatic hydroxyl groups is 1. The van der Waals surface area contributed by atoms with E-state index in [0.717, 1.165) is 25.9 Å². The maximum atomic E-state index is 9.42. The van der Waals surface area contributed by atoms with Crippen LogP contribution in [0.3, 0.4) is 0 Å². The second-order valence-corrected chi connectivity index (χ2v) is 6.15.